The van der Waals surface area contributed by atoms with Crippen molar-refractivity contribution in [3.63, 3.8) is 0 Å². The van der Waals surface area contributed by atoms with Gasteiger partial charge in [0, 0.05) is 13.5 Å². The summed E-state index contributed by atoms with van der Waals surface area (Å²) in [6, 6.07) is -0.257. The molecule has 1 atom stereocenters. The van der Waals surface area contributed by atoms with E-state index >= 15 is 0 Å². The monoisotopic (exact) mass is 201 g/mol. The third-order valence-electron chi connectivity index (χ3n) is 1.99. The molecule has 0 bridgehead atoms. The van der Waals surface area contributed by atoms with E-state index in [9.17, 15) is 9.59 Å². The van der Waals surface area contributed by atoms with Crippen LogP contribution in [0, 0.1) is 0 Å². The zero-order chi connectivity index (χ0) is 11.0. The Hall–Kier alpha value is -1.10. The van der Waals surface area contributed by atoms with Crippen LogP contribution in [0.5, 0.6) is 0 Å². The van der Waals surface area contributed by atoms with Crippen molar-refractivity contribution in [1.82, 2.24) is 10.6 Å². The fourth-order valence-electron chi connectivity index (χ4n) is 1.17. The second kappa shape index (κ2) is 7.32. The minimum Gasteiger partial charge on any atom is -0.368 e. The maximum Gasteiger partial charge on any atom is 0.234 e. The number of carbonyl (C=O) groups is 2. The minimum absolute atomic E-state index is 0.0231. The van der Waals surface area contributed by atoms with Gasteiger partial charge in [-0.15, -0.1) is 0 Å². The Morgan fingerprint density at radius 3 is 2.43 bits per heavy atom. The number of likely N-dealkylation sites (N-methyl/N-ethyl adjacent to an activating group) is 1. The first kappa shape index (κ1) is 12.9. The van der Waals surface area contributed by atoms with Gasteiger partial charge in [-0.3, -0.25) is 9.59 Å². The molecule has 0 radical (unpaired) electrons. The number of amides is 2. The van der Waals surface area contributed by atoms with Crippen molar-refractivity contribution < 1.29 is 9.59 Å². The molecular weight excluding hydrogens is 182 g/mol. The normalized spacial score (nSPS) is 12.1. The molecule has 1 unspecified atom stereocenters. The third-order valence-corrected chi connectivity index (χ3v) is 1.99. The average Bonchev–Trinajstić information content (AvgIpc) is 2.10. The van der Waals surface area contributed by atoms with E-state index in [0.717, 1.165) is 12.8 Å². The van der Waals surface area contributed by atoms with Crippen molar-refractivity contribution in [2.75, 3.05) is 13.6 Å². The fourth-order valence-corrected chi connectivity index (χ4v) is 1.17. The molecular formula is C9H19N3O2. The molecule has 0 aliphatic carbocycles. The van der Waals surface area contributed by atoms with Gasteiger partial charge in [-0.2, -0.15) is 0 Å². The van der Waals surface area contributed by atoms with Gasteiger partial charge in [-0.25, -0.2) is 0 Å². The molecule has 0 saturated carbocycles. The lowest BCUT2D eigenvalue weighted by molar-refractivity contribution is -0.120. The van der Waals surface area contributed by atoms with Crippen molar-refractivity contribution >= 4 is 11.8 Å². The first-order chi connectivity index (χ1) is 6.57. The molecule has 0 aliphatic rings. The summed E-state index contributed by atoms with van der Waals surface area (Å²) < 4.78 is 0. The van der Waals surface area contributed by atoms with Crippen molar-refractivity contribution in [3.05, 3.63) is 0 Å². The third kappa shape index (κ3) is 6.42. The van der Waals surface area contributed by atoms with Gasteiger partial charge in [0.05, 0.1) is 6.04 Å². The Bertz CT molecular complexity index is 194. The van der Waals surface area contributed by atoms with E-state index < -0.39 is 0 Å². The molecule has 0 aromatic carbocycles. The van der Waals surface area contributed by atoms with Crippen LogP contribution in [0.3, 0.4) is 0 Å². The van der Waals surface area contributed by atoms with Crippen LogP contribution in [-0.4, -0.2) is 31.4 Å². The number of rotatable bonds is 7. The first-order valence-corrected chi connectivity index (χ1v) is 4.79. The van der Waals surface area contributed by atoms with Crippen LogP contribution in [0.4, 0.5) is 0 Å². The summed E-state index contributed by atoms with van der Waals surface area (Å²) in [5, 5.41) is 5.53. The van der Waals surface area contributed by atoms with Crippen molar-refractivity contribution in [3.8, 4) is 0 Å². The van der Waals surface area contributed by atoms with Gasteiger partial charge in [0.25, 0.3) is 0 Å². The zero-order valence-corrected chi connectivity index (χ0v) is 8.80. The van der Waals surface area contributed by atoms with Crippen molar-refractivity contribution in [1.29, 1.82) is 0 Å². The van der Waals surface area contributed by atoms with Crippen molar-refractivity contribution in [2.45, 2.75) is 32.2 Å². The van der Waals surface area contributed by atoms with Crippen LogP contribution in [0.1, 0.15) is 26.2 Å². The lowest BCUT2D eigenvalue weighted by Crippen LogP contribution is -2.39. The highest BCUT2D eigenvalue weighted by molar-refractivity contribution is 5.79. The maximum atomic E-state index is 10.8. The Labute approximate surface area is 84.4 Å². The molecule has 0 aromatic heterocycles. The summed E-state index contributed by atoms with van der Waals surface area (Å²) in [4.78, 5) is 21.3. The Kier molecular flexibility index (Phi) is 6.74. The number of hydrogen-bond donors (Lipinski definition) is 3. The number of nitrogens with one attached hydrogen (secondary N) is 2. The molecule has 0 rings (SSSR count). The highest BCUT2D eigenvalue weighted by Gasteiger charge is 2.10. The summed E-state index contributed by atoms with van der Waals surface area (Å²) in [6.07, 6.45) is 2.45. The van der Waals surface area contributed by atoms with Crippen LogP contribution < -0.4 is 16.4 Å². The number of primary amides is 1. The zero-order valence-electron chi connectivity index (χ0n) is 8.80. The molecule has 5 nitrogen and oxygen atoms in total. The average molecular weight is 201 g/mol. The molecule has 2 amide bonds. The predicted molar refractivity (Wildman–Crippen MR) is 54.6 cm³/mol. The van der Waals surface area contributed by atoms with Crippen molar-refractivity contribution in [2.24, 2.45) is 5.73 Å². The standard InChI is InChI=1S/C9H19N3O2/c1-7(13)12-6-4-3-5-8(11-2)9(10)14/h8,11H,3-6H2,1-2H3,(H2,10,14)(H,12,13). The molecule has 14 heavy (non-hydrogen) atoms. The van der Waals surface area contributed by atoms with E-state index in [0.29, 0.717) is 13.0 Å². The van der Waals surface area contributed by atoms with E-state index in [-0.39, 0.29) is 17.9 Å². The second-order valence-electron chi connectivity index (χ2n) is 3.22. The van der Waals surface area contributed by atoms with E-state index in [1.54, 1.807) is 7.05 Å². The molecule has 0 saturated heterocycles. The molecule has 0 aliphatic heterocycles. The van der Waals surface area contributed by atoms with Gasteiger partial charge in [0.15, 0.2) is 0 Å². The van der Waals surface area contributed by atoms with E-state index in [2.05, 4.69) is 10.6 Å². The molecule has 0 heterocycles. The number of nitrogens with two attached hydrogens (primary N) is 1. The molecule has 4 N–H and O–H groups in total. The lowest BCUT2D eigenvalue weighted by Gasteiger charge is -2.11. The van der Waals surface area contributed by atoms with E-state index in [4.69, 9.17) is 5.73 Å². The smallest absolute Gasteiger partial charge is 0.234 e. The molecule has 0 spiro atoms. The summed E-state index contributed by atoms with van der Waals surface area (Å²) >= 11 is 0. The highest BCUT2D eigenvalue weighted by atomic mass is 16.1. The number of carbonyl (C=O) groups excluding carboxylic acids is 2. The first-order valence-electron chi connectivity index (χ1n) is 4.79. The van der Waals surface area contributed by atoms with Gasteiger partial charge in [0.2, 0.25) is 11.8 Å². The van der Waals surface area contributed by atoms with Crippen LogP contribution in [0.25, 0.3) is 0 Å². The van der Waals surface area contributed by atoms with E-state index in [1.807, 2.05) is 0 Å². The van der Waals surface area contributed by atoms with Gasteiger partial charge in [-0.05, 0) is 26.3 Å². The Balaban J connectivity index is 3.42. The van der Waals surface area contributed by atoms with Gasteiger partial charge in [0.1, 0.15) is 0 Å². The fraction of sp³-hybridized carbons (Fsp3) is 0.778. The number of hydrogen-bond acceptors (Lipinski definition) is 3. The molecule has 82 valence electrons. The van der Waals surface area contributed by atoms with E-state index in [1.165, 1.54) is 6.92 Å². The van der Waals surface area contributed by atoms with Gasteiger partial charge >= 0.3 is 0 Å². The molecule has 0 fully saturated rings. The summed E-state index contributed by atoms with van der Waals surface area (Å²) in [5.41, 5.74) is 5.14. The summed E-state index contributed by atoms with van der Waals surface area (Å²) in [7, 11) is 1.71. The lowest BCUT2D eigenvalue weighted by atomic mass is 10.1. The molecule has 0 aromatic rings. The summed E-state index contributed by atoms with van der Waals surface area (Å²) in [6.45, 7) is 2.14. The van der Waals surface area contributed by atoms with Crippen LogP contribution >= 0.6 is 0 Å². The molecule has 5 heteroatoms. The largest absolute Gasteiger partial charge is 0.368 e. The highest BCUT2D eigenvalue weighted by Crippen LogP contribution is 1.99. The Morgan fingerprint density at radius 2 is 2.00 bits per heavy atom. The maximum absolute atomic E-state index is 10.8. The van der Waals surface area contributed by atoms with Crippen LogP contribution in [-0.2, 0) is 9.59 Å². The second-order valence-corrected chi connectivity index (χ2v) is 3.22. The van der Waals surface area contributed by atoms with Crippen LogP contribution in [0.2, 0.25) is 0 Å². The number of unbranched alkanes of at least 4 members (excludes halogenated alkanes) is 1. The summed E-state index contributed by atoms with van der Waals surface area (Å²) in [5.74, 6) is -0.350. The topological polar surface area (TPSA) is 84.2 Å². The SMILES string of the molecule is CNC(CCCCNC(C)=O)C(N)=O. The van der Waals surface area contributed by atoms with Gasteiger partial charge < -0.3 is 16.4 Å². The minimum atomic E-state index is -0.327. The van der Waals surface area contributed by atoms with Gasteiger partial charge in [-0.1, -0.05) is 0 Å². The Morgan fingerprint density at radius 1 is 1.36 bits per heavy atom. The quantitative estimate of drug-likeness (QED) is 0.479. The van der Waals surface area contributed by atoms with Crippen LogP contribution in [0.15, 0.2) is 0 Å². The predicted octanol–water partition coefficient (Wildman–Crippen LogP) is -0.634.